The molecule has 2 aromatic rings. The lowest BCUT2D eigenvalue weighted by Gasteiger charge is -2.57. The second-order valence-electron chi connectivity index (χ2n) is 11.6. The van der Waals surface area contributed by atoms with Gasteiger partial charge in [-0.15, -0.1) is 0 Å². The number of halogens is 3. The van der Waals surface area contributed by atoms with Gasteiger partial charge in [0.05, 0.1) is 20.1 Å². The van der Waals surface area contributed by atoms with E-state index in [1.807, 2.05) is 18.2 Å². The van der Waals surface area contributed by atoms with E-state index in [1.165, 1.54) is 0 Å². The Hall–Kier alpha value is -2.80. The van der Waals surface area contributed by atoms with Crippen LogP contribution in [0.5, 0.6) is 5.75 Å². The number of carbonyl (C=O) groups excluding carboxylic acids is 1. The summed E-state index contributed by atoms with van der Waals surface area (Å²) in [5.74, 6) is 0.0367. The van der Waals surface area contributed by atoms with E-state index in [1.54, 1.807) is 36.4 Å². The third kappa shape index (κ3) is 5.42. The van der Waals surface area contributed by atoms with Crippen LogP contribution in [0.15, 0.2) is 60.2 Å². The molecule has 0 bridgehead atoms. The SMILES string of the molecule is C[N@@+]1(CC2CC2)CC2CCCCC2(c2cccc(O)c2)C[C@H]1NC(=O)C(=Cc1ccccc1)C(F)(F)F. The highest BCUT2D eigenvalue weighted by Gasteiger charge is 2.56. The number of benzene rings is 2. The third-order valence-electron chi connectivity index (χ3n) is 8.91. The van der Waals surface area contributed by atoms with Gasteiger partial charge in [-0.1, -0.05) is 55.3 Å². The Morgan fingerprint density at radius 2 is 1.86 bits per heavy atom. The highest BCUT2D eigenvalue weighted by Crippen LogP contribution is 2.53. The van der Waals surface area contributed by atoms with Gasteiger partial charge in [-0.05, 0) is 55.0 Å². The van der Waals surface area contributed by atoms with Crippen molar-refractivity contribution in [2.45, 2.75) is 62.7 Å². The number of amides is 1. The number of phenolic OH excluding ortho intramolecular Hbond substituents is 1. The number of carbonyl (C=O) groups is 1. The molecule has 1 amide bonds. The molecule has 2 aromatic carbocycles. The first-order valence-corrected chi connectivity index (χ1v) is 13.4. The van der Waals surface area contributed by atoms with E-state index in [9.17, 15) is 23.1 Å². The van der Waals surface area contributed by atoms with Gasteiger partial charge in [0, 0.05) is 23.7 Å². The number of nitrogens with one attached hydrogen (secondary N) is 1. The molecular weight excluding hydrogens is 477 g/mol. The van der Waals surface area contributed by atoms with E-state index < -0.39 is 23.8 Å². The minimum atomic E-state index is -4.77. The maximum Gasteiger partial charge on any atom is 0.421 e. The van der Waals surface area contributed by atoms with Gasteiger partial charge < -0.3 is 14.9 Å². The number of alkyl halides is 3. The van der Waals surface area contributed by atoms with Crippen LogP contribution in [0, 0.1) is 11.8 Å². The van der Waals surface area contributed by atoms with Crippen molar-refractivity contribution in [1.82, 2.24) is 5.32 Å². The summed E-state index contributed by atoms with van der Waals surface area (Å²) in [4.78, 5) is 13.4. The molecule has 5 rings (SSSR count). The van der Waals surface area contributed by atoms with Crippen molar-refractivity contribution in [1.29, 1.82) is 0 Å². The van der Waals surface area contributed by atoms with Crippen molar-refractivity contribution in [3.63, 3.8) is 0 Å². The number of piperidine rings is 1. The number of fused-ring (bicyclic) bond motifs is 1. The van der Waals surface area contributed by atoms with Gasteiger partial charge in [0.25, 0.3) is 5.91 Å². The first-order chi connectivity index (χ1) is 17.6. The van der Waals surface area contributed by atoms with E-state index in [0.29, 0.717) is 28.3 Å². The average molecular weight is 514 g/mol. The quantitative estimate of drug-likeness (QED) is 0.359. The van der Waals surface area contributed by atoms with Crippen LogP contribution in [0.2, 0.25) is 0 Å². The highest BCUT2D eigenvalue weighted by molar-refractivity contribution is 5.99. The average Bonchev–Trinajstić information content (AvgIpc) is 3.66. The largest absolute Gasteiger partial charge is 0.508 e. The van der Waals surface area contributed by atoms with E-state index in [-0.39, 0.29) is 11.2 Å². The van der Waals surface area contributed by atoms with Gasteiger partial charge in [0.15, 0.2) is 6.17 Å². The van der Waals surface area contributed by atoms with Crippen LogP contribution in [-0.4, -0.2) is 48.0 Å². The molecule has 0 spiro atoms. The van der Waals surface area contributed by atoms with E-state index in [0.717, 1.165) is 63.3 Å². The summed E-state index contributed by atoms with van der Waals surface area (Å²) in [6, 6.07) is 15.5. The molecule has 4 nitrogen and oxygen atoms in total. The normalized spacial score (nSPS) is 30.4. The van der Waals surface area contributed by atoms with Crippen LogP contribution in [0.3, 0.4) is 0 Å². The number of quaternary nitrogens is 1. The van der Waals surface area contributed by atoms with Crippen LogP contribution in [0.1, 0.15) is 56.1 Å². The zero-order valence-electron chi connectivity index (χ0n) is 21.3. The fourth-order valence-electron chi connectivity index (χ4n) is 6.88. The molecule has 1 aliphatic heterocycles. The fourth-order valence-corrected chi connectivity index (χ4v) is 6.88. The van der Waals surface area contributed by atoms with Crippen molar-refractivity contribution >= 4 is 12.0 Å². The van der Waals surface area contributed by atoms with Crippen molar-refractivity contribution in [3.8, 4) is 5.75 Å². The molecule has 2 N–H and O–H groups in total. The molecule has 37 heavy (non-hydrogen) atoms. The second-order valence-corrected chi connectivity index (χ2v) is 11.6. The summed E-state index contributed by atoms with van der Waals surface area (Å²) in [5, 5.41) is 13.2. The minimum Gasteiger partial charge on any atom is -0.508 e. The molecular formula is C30H36F3N2O2+. The molecule has 3 fully saturated rings. The molecule has 1 saturated heterocycles. The number of hydrogen-bond donors (Lipinski definition) is 2. The summed E-state index contributed by atoms with van der Waals surface area (Å²) >= 11 is 0. The van der Waals surface area contributed by atoms with Crippen LogP contribution < -0.4 is 5.32 Å². The maximum absolute atomic E-state index is 14.1. The van der Waals surface area contributed by atoms with Crippen molar-refractivity contribution in [3.05, 3.63) is 71.3 Å². The van der Waals surface area contributed by atoms with Crippen LogP contribution in [0.4, 0.5) is 13.2 Å². The zero-order valence-corrected chi connectivity index (χ0v) is 21.3. The zero-order chi connectivity index (χ0) is 26.3. The number of aromatic hydroxyl groups is 1. The van der Waals surface area contributed by atoms with Gasteiger partial charge in [0.1, 0.15) is 11.3 Å². The predicted octanol–water partition coefficient (Wildman–Crippen LogP) is 6.17. The van der Waals surface area contributed by atoms with Gasteiger partial charge in [-0.25, -0.2) is 0 Å². The van der Waals surface area contributed by atoms with Gasteiger partial charge in [0.2, 0.25) is 0 Å². The summed E-state index contributed by atoms with van der Waals surface area (Å²) in [7, 11) is 2.11. The summed E-state index contributed by atoms with van der Waals surface area (Å²) < 4.78 is 42.9. The lowest BCUT2D eigenvalue weighted by molar-refractivity contribution is -0.947. The molecule has 2 unspecified atom stereocenters. The fraction of sp³-hybridized carbons (Fsp3) is 0.500. The molecule has 3 aliphatic rings. The van der Waals surface area contributed by atoms with Crippen molar-refractivity contribution in [2.75, 3.05) is 20.1 Å². The smallest absolute Gasteiger partial charge is 0.421 e. The Bertz CT molecular complexity index is 1160. The van der Waals surface area contributed by atoms with Crippen LogP contribution in [-0.2, 0) is 10.2 Å². The van der Waals surface area contributed by atoms with Crippen molar-refractivity contribution in [2.24, 2.45) is 11.8 Å². The summed E-state index contributed by atoms with van der Waals surface area (Å²) in [6.45, 7) is 1.67. The Balaban J connectivity index is 1.51. The minimum absolute atomic E-state index is 0.197. The van der Waals surface area contributed by atoms with E-state index >= 15 is 0 Å². The molecule has 7 heteroatoms. The summed E-state index contributed by atoms with van der Waals surface area (Å²) in [6.07, 6.45) is 2.67. The first-order valence-electron chi connectivity index (χ1n) is 13.4. The number of likely N-dealkylation sites (tertiary alicyclic amines) is 1. The predicted molar refractivity (Wildman–Crippen MR) is 137 cm³/mol. The molecule has 4 atom stereocenters. The Morgan fingerprint density at radius 3 is 2.54 bits per heavy atom. The first kappa shape index (κ1) is 25.8. The number of nitrogens with zero attached hydrogens (tertiary/aromatic N) is 1. The molecule has 1 heterocycles. The molecule has 198 valence electrons. The Morgan fingerprint density at radius 1 is 1.11 bits per heavy atom. The second kappa shape index (κ2) is 9.82. The third-order valence-corrected chi connectivity index (χ3v) is 8.91. The molecule has 2 aliphatic carbocycles. The van der Waals surface area contributed by atoms with Gasteiger partial charge in [-0.2, -0.15) is 13.2 Å². The van der Waals surface area contributed by atoms with Gasteiger partial charge in [-0.3, -0.25) is 4.79 Å². The number of rotatable bonds is 6. The topological polar surface area (TPSA) is 49.3 Å². The van der Waals surface area contributed by atoms with E-state index in [4.69, 9.17) is 0 Å². The molecule has 2 saturated carbocycles. The molecule has 0 radical (unpaired) electrons. The maximum atomic E-state index is 14.1. The van der Waals surface area contributed by atoms with Gasteiger partial charge >= 0.3 is 6.18 Å². The van der Waals surface area contributed by atoms with E-state index in [2.05, 4.69) is 12.4 Å². The summed E-state index contributed by atoms with van der Waals surface area (Å²) in [5.41, 5.74) is -0.0797. The van der Waals surface area contributed by atoms with Crippen LogP contribution >= 0.6 is 0 Å². The standard InChI is InChI=1S/C30H35F3N2O2/c1-35(19-22-13-14-22)20-24-10-5-6-15-29(24,23-11-7-12-25(36)17-23)18-27(35)34-28(37)26(30(31,32)33)16-21-8-3-2-4-9-21/h2-4,7-9,11-12,16-17,22,24,27H,5-6,10,13-15,18-20H2,1H3,(H-,34,36,37)/p+1/t24?,27-,29?,35+/m0/s1. The lowest BCUT2D eigenvalue weighted by atomic mass is 9.58. The monoisotopic (exact) mass is 513 g/mol. The Kier molecular flexibility index (Phi) is 6.86. The highest BCUT2D eigenvalue weighted by atomic mass is 19.4. The lowest BCUT2D eigenvalue weighted by Crippen LogP contribution is -2.70. The number of hydrogen-bond acceptors (Lipinski definition) is 2. The molecule has 0 aromatic heterocycles. The number of phenols is 1. The van der Waals surface area contributed by atoms with Crippen molar-refractivity contribution < 1.29 is 27.6 Å². The van der Waals surface area contributed by atoms with Crippen LogP contribution in [0.25, 0.3) is 6.08 Å². The Labute approximate surface area is 216 Å².